The number of hydrogen-bond donors (Lipinski definition) is 0. The van der Waals surface area contributed by atoms with Crippen molar-refractivity contribution in [3.63, 3.8) is 0 Å². The largest absolute Gasteiger partial charge is 0.287 e. The van der Waals surface area contributed by atoms with Crippen LogP contribution in [0, 0.1) is 6.92 Å². The van der Waals surface area contributed by atoms with E-state index in [-0.39, 0.29) is 11.6 Å². The maximum Gasteiger partial charge on any atom is 0.273 e. The van der Waals surface area contributed by atoms with Crippen LogP contribution in [0.4, 0.5) is 0 Å². The van der Waals surface area contributed by atoms with Crippen molar-refractivity contribution in [3.05, 3.63) is 56.6 Å². The normalized spacial score (nSPS) is 12.5. The van der Waals surface area contributed by atoms with E-state index < -0.39 is 0 Å². The van der Waals surface area contributed by atoms with E-state index in [1.54, 1.807) is 29.8 Å². The van der Waals surface area contributed by atoms with Crippen molar-refractivity contribution >= 4 is 34.4 Å². The molecule has 0 saturated carbocycles. The Morgan fingerprint density at radius 3 is 2.64 bits per heavy atom. The fraction of sp³-hybridized carbons (Fsp3) is 0.316. The van der Waals surface area contributed by atoms with Crippen molar-refractivity contribution in [1.29, 1.82) is 0 Å². The third-order valence-electron chi connectivity index (χ3n) is 4.31. The molecule has 0 unspecified atom stereocenters. The highest BCUT2D eigenvalue weighted by Gasteiger charge is 2.18. The standard InChI is InChI=1S/C19H19Cl2N3O/c1-4-5-11(2)24-18-17(23-12(3)19(24)25)15(8-9-22-18)14-7-6-13(20)10-16(14)21/h6-11H,4-5H2,1-3H3/t11-/m1/s1. The van der Waals surface area contributed by atoms with Gasteiger partial charge in [-0.1, -0.05) is 42.6 Å². The number of pyridine rings is 1. The molecule has 1 atom stereocenters. The number of fused-ring (bicyclic) bond motifs is 1. The summed E-state index contributed by atoms with van der Waals surface area (Å²) in [5.74, 6) is 0. The van der Waals surface area contributed by atoms with Crippen LogP contribution >= 0.6 is 23.2 Å². The molecule has 0 radical (unpaired) electrons. The molecular weight excluding hydrogens is 357 g/mol. The first-order valence-electron chi connectivity index (χ1n) is 8.27. The molecule has 0 aliphatic carbocycles. The van der Waals surface area contributed by atoms with Crippen molar-refractivity contribution in [1.82, 2.24) is 14.5 Å². The lowest BCUT2D eigenvalue weighted by atomic mass is 10.1. The fourth-order valence-corrected chi connectivity index (χ4v) is 3.61. The Labute approximate surface area is 156 Å². The first-order chi connectivity index (χ1) is 11.9. The van der Waals surface area contributed by atoms with Crippen molar-refractivity contribution in [2.75, 3.05) is 0 Å². The van der Waals surface area contributed by atoms with Crippen molar-refractivity contribution in [3.8, 4) is 11.1 Å². The summed E-state index contributed by atoms with van der Waals surface area (Å²) in [4.78, 5) is 21.7. The summed E-state index contributed by atoms with van der Waals surface area (Å²) >= 11 is 12.4. The van der Waals surface area contributed by atoms with Crippen molar-refractivity contribution < 1.29 is 0 Å². The second-order valence-corrected chi connectivity index (χ2v) is 7.01. The predicted octanol–water partition coefficient (Wildman–Crippen LogP) is 5.43. The van der Waals surface area contributed by atoms with Gasteiger partial charge in [-0.15, -0.1) is 0 Å². The zero-order chi connectivity index (χ0) is 18.1. The zero-order valence-corrected chi connectivity index (χ0v) is 15.9. The molecule has 2 aromatic heterocycles. The Balaban J connectivity index is 2.35. The SMILES string of the molecule is CCC[C@@H](C)n1c(=O)c(C)nc2c(-c3ccc(Cl)cc3Cl)ccnc21. The van der Waals surface area contributed by atoms with Crippen LogP contribution in [0.3, 0.4) is 0 Å². The number of halogens is 2. The van der Waals surface area contributed by atoms with Gasteiger partial charge in [0.1, 0.15) is 11.2 Å². The van der Waals surface area contributed by atoms with E-state index in [4.69, 9.17) is 23.2 Å². The second kappa shape index (κ2) is 7.14. The van der Waals surface area contributed by atoms with Crippen LogP contribution in [-0.4, -0.2) is 14.5 Å². The Hall–Kier alpha value is -1.91. The van der Waals surface area contributed by atoms with Gasteiger partial charge in [0.15, 0.2) is 5.65 Å². The average Bonchev–Trinajstić information content (AvgIpc) is 2.56. The first kappa shape index (κ1) is 17.9. The number of aryl methyl sites for hydroxylation is 1. The first-order valence-corrected chi connectivity index (χ1v) is 9.03. The molecule has 0 N–H and O–H groups in total. The van der Waals surface area contributed by atoms with Gasteiger partial charge >= 0.3 is 0 Å². The van der Waals surface area contributed by atoms with Crippen LogP contribution in [0.5, 0.6) is 0 Å². The number of hydrogen-bond acceptors (Lipinski definition) is 3. The lowest BCUT2D eigenvalue weighted by Gasteiger charge is -2.18. The van der Waals surface area contributed by atoms with E-state index in [0.717, 1.165) is 24.0 Å². The van der Waals surface area contributed by atoms with Crippen molar-refractivity contribution in [2.24, 2.45) is 0 Å². The maximum atomic E-state index is 12.7. The molecule has 4 nitrogen and oxygen atoms in total. The fourth-order valence-electron chi connectivity index (χ4n) is 3.10. The van der Waals surface area contributed by atoms with Crippen LogP contribution in [-0.2, 0) is 0 Å². The molecule has 3 rings (SSSR count). The van der Waals surface area contributed by atoms with Gasteiger partial charge in [-0.05, 0) is 38.5 Å². The van der Waals surface area contributed by atoms with Gasteiger partial charge in [-0.25, -0.2) is 9.97 Å². The summed E-state index contributed by atoms with van der Waals surface area (Å²) in [6.45, 7) is 5.87. The lowest BCUT2D eigenvalue weighted by Crippen LogP contribution is -2.27. The van der Waals surface area contributed by atoms with E-state index in [1.165, 1.54) is 0 Å². The number of nitrogens with zero attached hydrogens (tertiary/aromatic N) is 3. The predicted molar refractivity (Wildman–Crippen MR) is 104 cm³/mol. The highest BCUT2D eigenvalue weighted by atomic mass is 35.5. The highest BCUT2D eigenvalue weighted by Crippen LogP contribution is 2.33. The summed E-state index contributed by atoms with van der Waals surface area (Å²) in [7, 11) is 0. The summed E-state index contributed by atoms with van der Waals surface area (Å²) in [5.41, 5.74) is 3.27. The Morgan fingerprint density at radius 2 is 1.96 bits per heavy atom. The minimum atomic E-state index is -0.0969. The monoisotopic (exact) mass is 375 g/mol. The third kappa shape index (κ3) is 3.29. The molecule has 130 valence electrons. The zero-order valence-electron chi connectivity index (χ0n) is 14.4. The number of rotatable bonds is 4. The molecule has 25 heavy (non-hydrogen) atoms. The van der Waals surface area contributed by atoms with Crippen molar-refractivity contribution in [2.45, 2.75) is 39.7 Å². The van der Waals surface area contributed by atoms with Gasteiger partial charge in [-0.3, -0.25) is 9.36 Å². The Morgan fingerprint density at radius 1 is 1.20 bits per heavy atom. The molecular formula is C19H19Cl2N3O. The van der Waals surface area contributed by atoms with Gasteiger partial charge < -0.3 is 0 Å². The molecule has 1 aromatic carbocycles. The topological polar surface area (TPSA) is 47.8 Å². The second-order valence-electron chi connectivity index (χ2n) is 6.16. The molecule has 6 heteroatoms. The molecule has 0 amide bonds. The molecule has 3 aromatic rings. The van der Waals surface area contributed by atoms with Crippen LogP contribution in [0.15, 0.2) is 35.3 Å². The lowest BCUT2D eigenvalue weighted by molar-refractivity contribution is 0.495. The van der Waals surface area contributed by atoms with Gasteiger partial charge in [0, 0.05) is 33.4 Å². The number of aromatic nitrogens is 3. The van der Waals surface area contributed by atoms with Gasteiger partial charge in [0.05, 0.1) is 0 Å². The third-order valence-corrected chi connectivity index (χ3v) is 4.86. The maximum absolute atomic E-state index is 12.7. The minimum absolute atomic E-state index is 0.0464. The van der Waals surface area contributed by atoms with Gasteiger partial charge in [0.25, 0.3) is 5.56 Å². The van der Waals surface area contributed by atoms with Crippen LogP contribution in [0.2, 0.25) is 10.0 Å². The molecule has 0 saturated heterocycles. The molecule has 0 fully saturated rings. The van der Waals surface area contributed by atoms with E-state index in [9.17, 15) is 4.79 Å². The summed E-state index contributed by atoms with van der Waals surface area (Å²) in [6, 6.07) is 7.26. The molecule has 0 aliphatic rings. The highest BCUT2D eigenvalue weighted by molar-refractivity contribution is 6.36. The Bertz CT molecular complexity index is 998. The number of benzene rings is 1. The molecule has 0 bridgehead atoms. The van der Waals surface area contributed by atoms with E-state index >= 15 is 0 Å². The van der Waals surface area contributed by atoms with E-state index in [1.807, 2.05) is 19.1 Å². The molecule has 0 spiro atoms. The van der Waals surface area contributed by atoms with Crippen LogP contribution in [0.25, 0.3) is 22.3 Å². The van der Waals surface area contributed by atoms with Crippen LogP contribution in [0.1, 0.15) is 38.4 Å². The molecule has 0 aliphatic heterocycles. The van der Waals surface area contributed by atoms with E-state index in [2.05, 4.69) is 16.9 Å². The van der Waals surface area contributed by atoms with Gasteiger partial charge in [0.2, 0.25) is 0 Å². The molecule has 2 heterocycles. The summed E-state index contributed by atoms with van der Waals surface area (Å²) in [6.07, 6.45) is 3.57. The average molecular weight is 376 g/mol. The van der Waals surface area contributed by atoms with E-state index in [0.29, 0.717) is 26.9 Å². The van der Waals surface area contributed by atoms with Gasteiger partial charge in [-0.2, -0.15) is 0 Å². The summed E-state index contributed by atoms with van der Waals surface area (Å²) < 4.78 is 1.74. The minimum Gasteiger partial charge on any atom is -0.287 e. The van der Waals surface area contributed by atoms with Crippen LogP contribution < -0.4 is 5.56 Å². The Kier molecular flexibility index (Phi) is 5.11. The smallest absolute Gasteiger partial charge is 0.273 e. The summed E-state index contributed by atoms with van der Waals surface area (Å²) in [5, 5.41) is 1.11. The quantitative estimate of drug-likeness (QED) is 0.610.